The summed E-state index contributed by atoms with van der Waals surface area (Å²) in [7, 11) is 0. The van der Waals surface area contributed by atoms with Crippen LogP contribution in [0.3, 0.4) is 0 Å². The monoisotopic (exact) mass is 307 g/mol. The molecule has 0 atom stereocenters. The molecule has 0 fully saturated rings. The van der Waals surface area contributed by atoms with Crippen LogP contribution in [0.25, 0.3) is 21.9 Å². The van der Waals surface area contributed by atoms with Crippen molar-refractivity contribution < 1.29 is 0 Å². The van der Waals surface area contributed by atoms with Crippen LogP contribution in [0, 0.1) is 0 Å². The van der Waals surface area contributed by atoms with Gasteiger partial charge >= 0.3 is 0 Å². The van der Waals surface area contributed by atoms with Gasteiger partial charge in [0, 0.05) is 5.39 Å². The number of rotatable bonds is 3. The van der Waals surface area contributed by atoms with Gasteiger partial charge in [-0.05, 0) is 24.3 Å². The number of hydrogen-bond acceptors (Lipinski definition) is 5. The molecule has 108 valence electrons. The van der Waals surface area contributed by atoms with Crippen LogP contribution in [0.15, 0.2) is 53.7 Å². The van der Waals surface area contributed by atoms with Gasteiger partial charge in [-0.1, -0.05) is 36.0 Å². The number of nitrogens with zero attached hydrogens (tertiary/aromatic N) is 3. The summed E-state index contributed by atoms with van der Waals surface area (Å²) in [6.45, 7) is 0. The topological polar surface area (TPSA) is 80.5 Å². The van der Waals surface area contributed by atoms with Crippen molar-refractivity contribution in [3.63, 3.8) is 0 Å². The fraction of sp³-hybridized carbons (Fsp3) is 0.0625. The molecule has 2 heterocycles. The number of nitrogens with one attached hydrogen (secondary N) is 1. The predicted octanol–water partition coefficient (Wildman–Crippen LogP) is 3.38. The van der Waals surface area contributed by atoms with Crippen LogP contribution in [-0.2, 0) is 5.75 Å². The summed E-state index contributed by atoms with van der Waals surface area (Å²) in [5.74, 6) is 1.85. The lowest BCUT2D eigenvalue weighted by atomic mass is 10.2. The van der Waals surface area contributed by atoms with E-state index in [0.29, 0.717) is 17.4 Å². The van der Waals surface area contributed by atoms with Gasteiger partial charge in [-0.25, -0.2) is 15.0 Å². The molecule has 0 amide bonds. The van der Waals surface area contributed by atoms with Crippen molar-refractivity contribution in [3.05, 3.63) is 54.4 Å². The van der Waals surface area contributed by atoms with Crippen LogP contribution in [0.5, 0.6) is 0 Å². The molecular formula is C16H13N5S. The summed E-state index contributed by atoms with van der Waals surface area (Å²) >= 11 is 1.57. The molecule has 22 heavy (non-hydrogen) atoms. The summed E-state index contributed by atoms with van der Waals surface area (Å²) in [4.78, 5) is 16.7. The first-order valence-electron chi connectivity index (χ1n) is 6.88. The molecule has 0 unspecified atom stereocenters. The molecule has 2 aromatic carbocycles. The van der Waals surface area contributed by atoms with Gasteiger partial charge in [-0.15, -0.1) is 0 Å². The molecule has 0 radical (unpaired) electrons. The molecule has 0 aliphatic carbocycles. The van der Waals surface area contributed by atoms with Crippen LogP contribution in [-0.4, -0.2) is 19.9 Å². The first-order chi connectivity index (χ1) is 10.8. The summed E-state index contributed by atoms with van der Waals surface area (Å²) < 4.78 is 0. The van der Waals surface area contributed by atoms with E-state index >= 15 is 0 Å². The summed E-state index contributed by atoms with van der Waals surface area (Å²) in [5, 5.41) is 1.75. The van der Waals surface area contributed by atoms with Gasteiger partial charge in [0.15, 0.2) is 5.16 Å². The third kappa shape index (κ3) is 2.37. The highest BCUT2D eigenvalue weighted by molar-refractivity contribution is 7.98. The maximum atomic E-state index is 6.00. The van der Waals surface area contributed by atoms with E-state index in [1.54, 1.807) is 11.8 Å². The van der Waals surface area contributed by atoms with Gasteiger partial charge in [-0.2, -0.15) is 0 Å². The highest BCUT2D eigenvalue weighted by Crippen LogP contribution is 2.24. The number of fused-ring (bicyclic) bond motifs is 2. The minimum absolute atomic E-state index is 0.519. The number of nitrogens with two attached hydrogens (primary N) is 1. The summed E-state index contributed by atoms with van der Waals surface area (Å²) in [5.41, 5.74) is 8.87. The molecule has 0 saturated heterocycles. The Morgan fingerprint density at radius 3 is 2.55 bits per heavy atom. The third-order valence-corrected chi connectivity index (χ3v) is 4.25. The molecule has 4 aromatic rings. The van der Waals surface area contributed by atoms with Gasteiger partial charge in [0.1, 0.15) is 11.6 Å². The molecular weight excluding hydrogens is 294 g/mol. The minimum Gasteiger partial charge on any atom is -0.383 e. The average Bonchev–Trinajstić information content (AvgIpc) is 2.96. The Balaban J connectivity index is 1.60. The highest BCUT2D eigenvalue weighted by Gasteiger charge is 2.07. The maximum absolute atomic E-state index is 6.00. The normalized spacial score (nSPS) is 11.3. The van der Waals surface area contributed by atoms with Crippen molar-refractivity contribution in [1.29, 1.82) is 0 Å². The fourth-order valence-electron chi connectivity index (χ4n) is 2.35. The van der Waals surface area contributed by atoms with E-state index in [1.165, 1.54) is 0 Å². The molecule has 0 bridgehead atoms. The first-order valence-corrected chi connectivity index (χ1v) is 7.87. The lowest BCUT2D eigenvalue weighted by molar-refractivity contribution is 1.04. The van der Waals surface area contributed by atoms with E-state index in [0.717, 1.165) is 27.1 Å². The maximum Gasteiger partial charge on any atom is 0.166 e. The summed E-state index contributed by atoms with van der Waals surface area (Å²) in [6.07, 6.45) is 0. The molecule has 3 N–H and O–H groups in total. The van der Waals surface area contributed by atoms with E-state index < -0.39 is 0 Å². The molecule has 4 rings (SSSR count). The van der Waals surface area contributed by atoms with Crippen molar-refractivity contribution in [2.45, 2.75) is 10.9 Å². The number of H-pyrrole nitrogens is 1. The van der Waals surface area contributed by atoms with Crippen LogP contribution in [0.1, 0.15) is 5.82 Å². The minimum atomic E-state index is 0.519. The van der Waals surface area contributed by atoms with Gasteiger partial charge in [0.05, 0.1) is 22.3 Å². The Labute approximate surface area is 131 Å². The Bertz CT molecular complexity index is 930. The van der Waals surface area contributed by atoms with Crippen molar-refractivity contribution >= 4 is 39.5 Å². The molecule has 6 heteroatoms. The second-order valence-electron chi connectivity index (χ2n) is 4.89. The number of thioether (sulfide) groups is 1. The van der Waals surface area contributed by atoms with Gasteiger partial charge in [0.25, 0.3) is 0 Å². The Kier molecular flexibility index (Phi) is 3.16. The molecule has 0 aliphatic rings. The lowest BCUT2D eigenvalue weighted by Crippen LogP contribution is -1.99. The van der Waals surface area contributed by atoms with E-state index in [9.17, 15) is 0 Å². The average molecular weight is 307 g/mol. The smallest absolute Gasteiger partial charge is 0.166 e. The predicted molar refractivity (Wildman–Crippen MR) is 89.6 cm³/mol. The van der Waals surface area contributed by atoms with Crippen molar-refractivity contribution in [2.75, 3.05) is 5.73 Å². The standard InChI is InChI=1S/C16H13N5S/c17-15-10-5-1-2-6-11(10)18-14(21-15)9-22-16-19-12-7-3-4-8-13(12)20-16/h1-8H,9H2,(H,19,20)(H2,17,18,21). The third-order valence-electron chi connectivity index (χ3n) is 3.38. The second kappa shape index (κ2) is 5.31. The molecule has 2 aromatic heterocycles. The van der Waals surface area contributed by atoms with Crippen LogP contribution in [0.4, 0.5) is 5.82 Å². The first kappa shape index (κ1) is 13.1. The zero-order chi connectivity index (χ0) is 14.9. The number of aromatic nitrogens is 4. The summed E-state index contributed by atoms with van der Waals surface area (Å²) in [6, 6.07) is 15.7. The second-order valence-corrected chi connectivity index (χ2v) is 5.85. The van der Waals surface area contributed by atoms with Gasteiger partial charge < -0.3 is 10.7 Å². The van der Waals surface area contributed by atoms with Crippen LogP contribution in [0.2, 0.25) is 0 Å². The zero-order valence-electron chi connectivity index (χ0n) is 11.7. The highest BCUT2D eigenvalue weighted by atomic mass is 32.2. The van der Waals surface area contributed by atoms with E-state index in [1.807, 2.05) is 48.5 Å². The number of benzene rings is 2. The number of anilines is 1. The zero-order valence-corrected chi connectivity index (χ0v) is 12.5. The molecule has 0 saturated carbocycles. The Hall–Kier alpha value is -2.60. The van der Waals surface area contributed by atoms with E-state index in [2.05, 4.69) is 19.9 Å². The number of aromatic amines is 1. The molecule has 0 spiro atoms. The Morgan fingerprint density at radius 1 is 0.909 bits per heavy atom. The van der Waals surface area contributed by atoms with Gasteiger partial charge in [-0.3, -0.25) is 0 Å². The number of imidazole rings is 1. The van der Waals surface area contributed by atoms with Crippen molar-refractivity contribution in [2.24, 2.45) is 0 Å². The fourth-order valence-corrected chi connectivity index (χ4v) is 3.09. The number of nitrogen functional groups attached to an aromatic ring is 1. The van der Waals surface area contributed by atoms with Crippen molar-refractivity contribution in [3.8, 4) is 0 Å². The van der Waals surface area contributed by atoms with Crippen LogP contribution >= 0.6 is 11.8 Å². The molecule has 5 nitrogen and oxygen atoms in total. The lowest BCUT2D eigenvalue weighted by Gasteiger charge is -2.04. The SMILES string of the molecule is Nc1nc(CSc2nc3ccccc3[nH]2)nc2ccccc12. The Morgan fingerprint density at radius 2 is 1.68 bits per heavy atom. The van der Waals surface area contributed by atoms with E-state index in [4.69, 9.17) is 5.73 Å². The van der Waals surface area contributed by atoms with Crippen LogP contribution < -0.4 is 5.73 Å². The number of para-hydroxylation sites is 3. The number of hydrogen-bond donors (Lipinski definition) is 2. The van der Waals surface area contributed by atoms with E-state index in [-0.39, 0.29) is 0 Å². The quantitative estimate of drug-likeness (QED) is 0.567. The largest absolute Gasteiger partial charge is 0.383 e. The van der Waals surface area contributed by atoms with Gasteiger partial charge in [0.2, 0.25) is 0 Å². The molecule has 0 aliphatic heterocycles. The van der Waals surface area contributed by atoms with Crippen molar-refractivity contribution in [1.82, 2.24) is 19.9 Å².